The number of hydrogen-bond acceptors (Lipinski definition) is 5. The first-order valence-corrected chi connectivity index (χ1v) is 6.34. The van der Waals surface area contributed by atoms with Crippen LogP contribution in [0.2, 0.25) is 0 Å². The van der Waals surface area contributed by atoms with E-state index < -0.39 is 5.97 Å². The molecule has 4 nitrogen and oxygen atoms in total. The minimum Gasteiger partial charge on any atom is -0.478 e. The van der Waals surface area contributed by atoms with Crippen LogP contribution in [0.3, 0.4) is 0 Å². The summed E-state index contributed by atoms with van der Waals surface area (Å²) in [5, 5.41) is 16.8. The molecule has 84 valence electrons. The molecule has 0 aliphatic rings. The van der Waals surface area contributed by atoms with Gasteiger partial charge in [-0.1, -0.05) is 0 Å². The van der Waals surface area contributed by atoms with Crippen molar-refractivity contribution in [1.82, 2.24) is 4.37 Å². The van der Waals surface area contributed by atoms with E-state index in [1.165, 1.54) is 11.5 Å². The lowest BCUT2D eigenvalue weighted by Gasteiger charge is -2.02. The lowest BCUT2D eigenvalue weighted by Crippen LogP contribution is -2.04. The SMILES string of the molecule is Cc1nsc(NCc2ccsc2)c1C(=O)O. The Bertz CT molecular complexity index is 491. The summed E-state index contributed by atoms with van der Waals surface area (Å²) in [5.74, 6) is -0.931. The highest BCUT2D eigenvalue weighted by molar-refractivity contribution is 7.10. The molecule has 0 unspecified atom stereocenters. The van der Waals surface area contributed by atoms with E-state index in [0.29, 0.717) is 17.2 Å². The number of carboxylic acids is 1. The van der Waals surface area contributed by atoms with Crippen molar-refractivity contribution in [3.63, 3.8) is 0 Å². The molecule has 2 rings (SSSR count). The first-order chi connectivity index (χ1) is 7.68. The van der Waals surface area contributed by atoms with Crippen molar-refractivity contribution in [1.29, 1.82) is 0 Å². The average molecular weight is 254 g/mol. The van der Waals surface area contributed by atoms with E-state index in [4.69, 9.17) is 5.11 Å². The zero-order valence-electron chi connectivity index (χ0n) is 8.56. The second-order valence-corrected chi connectivity index (χ2v) is 4.82. The Morgan fingerprint density at radius 2 is 2.44 bits per heavy atom. The number of thiophene rings is 1. The summed E-state index contributed by atoms with van der Waals surface area (Å²) in [4.78, 5) is 11.0. The number of carbonyl (C=O) groups is 1. The number of aryl methyl sites for hydroxylation is 1. The Labute approximate surface area is 101 Å². The summed E-state index contributed by atoms with van der Waals surface area (Å²) in [7, 11) is 0. The molecule has 0 saturated heterocycles. The summed E-state index contributed by atoms with van der Waals surface area (Å²) in [6.07, 6.45) is 0. The number of aromatic nitrogens is 1. The Morgan fingerprint density at radius 1 is 1.62 bits per heavy atom. The zero-order chi connectivity index (χ0) is 11.5. The van der Waals surface area contributed by atoms with Crippen molar-refractivity contribution in [2.45, 2.75) is 13.5 Å². The highest BCUT2D eigenvalue weighted by Gasteiger charge is 2.16. The molecule has 0 aromatic carbocycles. The van der Waals surface area contributed by atoms with E-state index in [1.54, 1.807) is 18.3 Å². The van der Waals surface area contributed by atoms with Gasteiger partial charge in [0.2, 0.25) is 0 Å². The molecule has 0 aliphatic heterocycles. The normalized spacial score (nSPS) is 10.3. The smallest absolute Gasteiger partial charge is 0.340 e. The van der Waals surface area contributed by atoms with Gasteiger partial charge in [0.25, 0.3) is 0 Å². The van der Waals surface area contributed by atoms with E-state index in [9.17, 15) is 4.79 Å². The van der Waals surface area contributed by atoms with E-state index in [-0.39, 0.29) is 5.56 Å². The fraction of sp³-hybridized carbons (Fsp3) is 0.200. The van der Waals surface area contributed by atoms with Crippen LogP contribution in [0, 0.1) is 6.92 Å². The monoisotopic (exact) mass is 254 g/mol. The Kier molecular flexibility index (Phi) is 3.21. The van der Waals surface area contributed by atoms with Crippen molar-refractivity contribution in [3.05, 3.63) is 33.6 Å². The molecule has 0 fully saturated rings. The molecule has 0 atom stereocenters. The van der Waals surface area contributed by atoms with Gasteiger partial charge in [-0.2, -0.15) is 15.7 Å². The molecule has 2 aromatic heterocycles. The molecule has 6 heteroatoms. The van der Waals surface area contributed by atoms with Crippen LogP contribution in [-0.4, -0.2) is 15.4 Å². The highest BCUT2D eigenvalue weighted by atomic mass is 32.1. The van der Waals surface area contributed by atoms with E-state index in [0.717, 1.165) is 5.56 Å². The van der Waals surface area contributed by atoms with Gasteiger partial charge in [0.1, 0.15) is 10.6 Å². The summed E-state index contributed by atoms with van der Waals surface area (Å²) in [5.41, 5.74) is 1.98. The van der Waals surface area contributed by atoms with E-state index >= 15 is 0 Å². The van der Waals surface area contributed by atoms with Crippen molar-refractivity contribution in [2.24, 2.45) is 0 Å². The molecule has 16 heavy (non-hydrogen) atoms. The third-order valence-electron chi connectivity index (χ3n) is 2.11. The molecule has 0 amide bonds. The van der Waals surface area contributed by atoms with E-state index in [1.807, 2.05) is 16.8 Å². The van der Waals surface area contributed by atoms with Gasteiger partial charge in [-0.15, -0.1) is 0 Å². The predicted octanol–water partition coefficient (Wildman–Crippen LogP) is 2.82. The molecule has 0 aliphatic carbocycles. The fourth-order valence-corrected chi connectivity index (χ4v) is 2.77. The molecule has 0 saturated carbocycles. The minimum absolute atomic E-state index is 0.278. The molecular weight excluding hydrogens is 244 g/mol. The second kappa shape index (κ2) is 4.63. The van der Waals surface area contributed by atoms with Crippen molar-refractivity contribution < 1.29 is 9.90 Å². The largest absolute Gasteiger partial charge is 0.478 e. The summed E-state index contributed by atoms with van der Waals surface area (Å²) < 4.78 is 4.04. The van der Waals surface area contributed by atoms with Crippen LogP contribution < -0.4 is 5.32 Å². The number of hydrogen-bond donors (Lipinski definition) is 2. The number of nitrogens with zero attached hydrogens (tertiary/aromatic N) is 1. The number of nitrogens with one attached hydrogen (secondary N) is 1. The van der Waals surface area contributed by atoms with Gasteiger partial charge in [0.15, 0.2) is 0 Å². The van der Waals surface area contributed by atoms with Crippen LogP contribution in [-0.2, 0) is 6.54 Å². The van der Waals surface area contributed by atoms with Crippen molar-refractivity contribution >= 4 is 33.8 Å². The maximum Gasteiger partial charge on any atom is 0.340 e. The molecule has 2 N–H and O–H groups in total. The topological polar surface area (TPSA) is 62.2 Å². The van der Waals surface area contributed by atoms with Crippen molar-refractivity contribution in [2.75, 3.05) is 5.32 Å². The van der Waals surface area contributed by atoms with Crippen molar-refractivity contribution in [3.8, 4) is 0 Å². The molecule has 0 spiro atoms. The lowest BCUT2D eigenvalue weighted by atomic mass is 10.2. The van der Waals surface area contributed by atoms with Gasteiger partial charge >= 0.3 is 5.97 Å². The number of carboxylic acid groups (broad SMARTS) is 1. The first kappa shape index (κ1) is 11.1. The van der Waals surface area contributed by atoms with Gasteiger partial charge in [-0.3, -0.25) is 0 Å². The molecule has 2 aromatic rings. The quantitative estimate of drug-likeness (QED) is 0.880. The number of aromatic carboxylic acids is 1. The second-order valence-electron chi connectivity index (χ2n) is 3.26. The minimum atomic E-state index is -0.931. The lowest BCUT2D eigenvalue weighted by molar-refractivity contribution is 0.0697. The van der Waals surface area contributed by atoms with Crippen LogP contribution in [0.1, 0.15) is 21.6 Å². The molecule has 2 heterocycles. The van der Waals surface area contributed by atoms with Crippen LogP contribution in [0.25, 0.3) is 0 Å². The Balaban J connectivity index is 2.13. The summed E-state index contributed by atoms with van der Waals surface area (Å²) in [6, 6.07) is 2.01. The predicted molar refractivity (Wildman–Crippen MR) is 65.5 cm³/mol. The van der Waals surface area contributed by atoms with Gasteiger partial charge < -0.3 is 10.4 Å². The fourth-order valence-electron chi connectivity index (χ4n) is 1.32. The van der Waals surface area contributed by atoms with Crippen LogP contribution in [0.15, 0.2) is 16.8 Å². The standard InChI is InChI=1S/C10H10N2O2S2/c1-6-8(10(13)14)9(16-12-6)11-4-7-2-3-15-5-7/h2-3,5,11H,4H2,1H3,(H,13,14). The van der Waals surface area contributed by atoms with Gasteiger partial charge in [-0.05, 0) is 40.8 Å². The third kappa shape index (κ3) is 2.23. The summed E-state index contributed by atoms with van der Waals surface area (Å²) in [6.45, 7) is 2.33. The summed E-state index contributed by atoms with van der Waals surface area (Å²) >= 11 is 2.81. The van der Waals surface area contributed by atoms with Gasteiger partial charge in [0.05, 0.1) is 5.69 Å². The van der Waals surface area contributed by atoms with Gasteiger partial charge in [-0.25, -0.2) is 4.79 Å². The first-order valence-electron chi connectivity index (χ1n) is 4.63. The van der Waals surface area contributed by atoms with Crippen LogP contribution in [0.5, 0.6) is 0 Å². The number of rotatable bonds is 4. The van der Waals surface area contributed by atoms with Crippen LogP contribution in [0.4, 0.5) is 5.00 Å². The zero-order valence-corrected chi connectivity index (χ0v) is 10.2. The van der Waals surface area contributed by atoms with Gasteiger partial charge in [0, 0.05) is 6.54 Å². The molecular formula is C10H10N2O2S2. The Morgan fingerprint density at radius 3 is 3.06 bits per heavy atom. The van der Waals surface area contributed by atoms with E-state index in [2.05, 4.69) is 9.69 Å². The Hall–Kier alpha value is -1.40. The molecule has 0 bridgehead atoms. The number of anilines is 1. The average Bonchev–Trinajstić information content (AvgIpc) is 2.83. The maximum absolute atomic E-state index is 11.0. The highest BCUT2D eigenvalue weighted by Crippen LogP contribution is 2.25. The molecule has 0 radical (unpaired) electrons. The van der Waals surface area contributed by atoms with Crippen LogP contribution >= 0.6 is 22.9 Å². The maximum atomic E-state index is 11.0. The third-order valence-corrected chi connectivity index (χ3v) is 3.74.